The monoisotopic (exact) mass is 469 g/mol. The summed E-state index contributed by atoms with van der Waals surface area (Å²) < 4.78 is 58.6. The standard InChI is InChI=1S/C21H19F4N3O3S/c1-5-11-6-12-7-15(13(22)8-14(12)26-10-11)30-19(32-4)18(29)27-20(2,3)16-9-17(31-28-16)21(23,24)25/h1,6-8,10,17,19H,9H2,2-4H3,(H,27,29). The summed E-state index contributed by atoms with van der Waals surface area (Å²) in [5.41, 5.74) is -1.56. The molecule has 3 rings (SSSR count). The number of alkyl halides is 3. The number of thioether (sulfide) groups is 1. The van der Waals surface area contributed by atoms with Crippen LogP contribution in [0, 0.1) is 18.2 Å². The fourth-order valence-corrected chi connectivity index (χ4v) is 3.46. The van der Waals surface area contributed by atoms with E-state index >= 15 is 0 Å². The minimum absolute atomic E-state index is 0.0257. The highest BCUT2D eigenvalue weighted by molar-refractivity contribution is 7.99. The predicted molar refractivity (Wildman–Crippen MR) is 113 cm³/mol. The van der Waals surface area contributed by atoms with Gasteiger partial charge in [-0.3, -0.25) is 9.78 Å². The Morgan fingerprint density at radius 2 is 2.09 bits per heavy atom. The molecule has 2 atom stereocenters. The van der Waals surface area contributed by atoms with Crippen molar-refractivity contribution in [3.63, 3.8) is 0 Å². The number of carbonyl (C=O) groups excluding carboxylic acids is 1. The van der Waals surface area contributed by atoms with E-state index in [9.17, 15) is 22.4 Å². The topological polar surface area (TPSA) is 72.8 Å². The molecule has 2 aromatic rings. The second kappa shape index (κ2) is 8.86. The van der Waals surface area contributed by atoms with Crippen molar-refractivity contribution >= 4 is 34.3 Å². The molecule has 11 heteroatoms. The zero-order valence-corrected chi connectivity index (χ0v) is 18.1. The number of nitrogens with zero attached hydrogens (tertiary/aromatic N) is 2. The van der Waals surface area contributed by atoms with Gasteiger partial charge in [0.1, 0.15) is 0 Å². The van der Waals surface area contributed by atoms with E-state index in [1.165, 1.54) is 26.1 Å². The third-order valence-electron chi connectivity index (χ3n) is 4.75. The van der Waals surface area contributed by atoms with Crippen molar-refractivity contribution in [2.75, 3.05) is 6.26 Å². The minimum atomic E-state index is -4.57. The fourth-order valence-electron chi connectivity index (χ4n) is 2.98. The molecule has 1 amide bonds. The quantitative estimate of drug-likeness (QED) is 0.393. The SMILES string of the molecule is C#Cc1cnc2cc(F)c(OC(SC)C(=O)NC(C)(C)C3=NOC(C(F)(F)F)C3)cc2c1. The summed E-state index contributed by atoms with van der Waals surface area (Å²) in [5, 5.41) is 6.61. The maximum absolute atomic E-state index is 14.5. The zero-order valence-electron chi connectivity index (χ0n) is 17.3. The molecule has 0 aliphatic carbocycles. The van der Waals surface area contributed by atoms with Gasteiger partial charge in [-0.05, 0) is 32.2 Å². The number of amides is 1. The molecular weight excluding hydrogens is 450 g/mol. The molecule has 0 bridgehead atoms. The van der Waals surface area contributed by atoms with Gasteiger partial charge in [0, 0.05) is 29.6 Å². The summed E-state index contributed by atoms with van der Waals surface area (Å²) in [6.45, 7) is 2.99. The van der Waals surface area contributed by atoms with Crippen molar-refractivity contribution in [3.8, 4) is 18.1 Å². The van der Waals surface area contributed by atoms with Crippen molar-refractivity contribution < 1.29 is 31.9 Å². The van der Waals surface area contributed by atoms with E-state index in [1.54, 1.807) is 12.3 Å². The van der Waals surface area contributed by atoms with Gasteiger partial charge < -0.3 is 14.9 Å². The highest BCUT2D eigenvalue weighted by Gasteiger charge is 2.48. The first-order valence-corrected chi connectivity index (χ1v) is 10.6. The van der Waals surface area contributed by atoms with Gasteiger partial charge in [-0.25, -0.2) is 4.39 Å². The number of carbonyl (C=O) groups is 1. The highest BCUT2D eigenvalue weighted by atomic mass is 32.2. The van der Waals surface area contributed by atoms with Crippen LogP contribution in [0.4, 0.5) is 17.6 Å². The lowest BCUT2D eigenvalue weighted by Crippen LogP contribution is -2.53. The van der Waals surface area contributed by atoms with Gasteiger partial charge >= 0.3 is 6.18 Å². The van der Waals surface area contributed by atoms with Crippen molar-refractivity contribution in [1.29, 1.82) is 0 Å². The van der Waals surface area contributed by atoms with Crippen LogP contribution in [0.25, 0.3) is 10.9 Å². The van der Waals surface area contributed by atoms with Crippen molar-refractivity contribution in [2.24, 2.45) is 5.16 Å². The van der Waals surface area contributed by atoms with Gasteiger partial charge in [0.2, 0.25) is 11.5 Å². The molecule has 0 saturated heterocycles. The molecule has 1 aromatic carbocycles. The first-order valence-electron chi connectivity index (χ1n) is 9.32. The molecule has 0 fully saturated rings. The second-order valence-electron chi connectivity index (χ2n) is 7.52. The Bertz CT molecular complexity index is 1110. The molecular formula is C21H19F4N3O3S. The van der Waals surface area contributed by atoms with E-state index in [0.29, 0.717) is 16.5 Å². The molecule has 6 nitrogen and oxygen atoms in total. The van der Waals surface area contributed by atoms with Crippen LogP contribution in [0.15, 0.2) is 29.6 Å². The highest BCUT2D eigenvalue weighted by Crippen LogP contribution is 2.32. The Hall–Kier alpha value is -3.00. The Labute approximate surface area is 185 Å². The Morgan fingerprint density at radius 1 is 1.38 bits per heavy atom. The molecule has 32 heavy (non-hydrogen) atoms. The molecule has 2 heterocycles. The summed E-state index contributed by atoms with van der Waals surface area (Å²) in [6.07, 6.45) is 1.23. The lowest BCUT2D eigenvalue weighted by atomic mass is 9.94. The van der Waals surface area contributed by atoms with E-state index in [4.69, 9.17) is 11.2 Å². The normalized spacial score (nSPS) is 17.3. The first-order chi connectivity index (χ1) is 14.9. The number of nitrogens with one attached hydrogen (secondary N) is 1. The molecule has 0 saturated carbocycles. The summed E-state index contributed by atoms with van der Waals surface area (Å²) in [7, 11) is 0. The molecule has 0 radical (unpaired) electrons. The number of hydrogen-bond acceptors (Lipinski definition) is 6. The minimum Gasteiger partial charge on any atom is -0.467 e. The molecule has 2 unspecified atom stereocenters. The lowest BCUT2D eigenvalue weighted by Gasteiger charge is -2.28. The van der Waals surface area contributed by atoms with Gasteiger partial charge in [-0.1, -0.05) is 11.1 Å². The van der Waals surface area contributed by atoms with Crippen LogP contribution < -0.4 is 10.1 Å². The van der Waals surface area contributed by atoms with E-state index in [2.05, 4.69) is 26.2 Å². The Kier molecular flexibility index (Phi) is 6.55. The number of fused-ring (bicyclic) bond motifs is 1. The van der Waals surface area contributed by atoms with Crippen molar-refractivity contribution in [3.05, 3.63) is 35.8 Å². The maximum Gasteiger partial charge on any atom is 0.428 e. The van der Waals surface area contributed by atoms with Gasteiger partial charge in [0.15, 0.2) is 11.6 Å². The van der Waals surface area contributed by atoms with Crippen LogP contribution >= 0.6 is 11.8 Å². The number of hydrogen-bond donors (Lipinski definition) is 1. The fraction of sp³-hybridized carbons (Fsp3) is 0.381. The molecule has 1 N–H and O–H groups in total. The van der Waals surface area contributed by atoms with Gasteiger partial charge in [-0.2, -0.15) is 13.2 Å². The van der Waals surface area contributed by atoms with Crippen LogP contribution in [0.1, 0.15) is 25.8 Å². The van der Waals surface area contributed by atoms with Crippen LogP contribution in [0.5, 0.6) is 5.75 Å². The summed E-state index contributed by atoms with van der Waals surface area (Å²) in [5.74, 6) is 0.835. The lowest BCUT2D eigenvalue weighted by molar-refractivity contribution is -0.212. The summed E-state index contributed by atoms with van der Waals surface area (Å²) in [4.78, 5) is 21.3. The summed E-state index contributed by atoms with van der Waals surface area (Å²) >= 11 is 0.983. The van der Waals surface area contributed by atoms with Crippen LogP contribution in [0.2, 0.25) is 0 Å². The summed E-state index contributed by atoms with van der Waals surface area (Å²) in [6, 6.07) is 4.16. The van der Waals surface area contributed by atoms with Gasteiger partial charge in [0.05, 0.1) is 16.8 Å². The molecule has 1 aliphatic heterocycles. The zero-order chi connectivity index (χ0) is 23.7. The molecule has 1 aliphatic rings. The third kappa shape index (κ3) is 5.07. The number of halogens is 4. The number of rotatable bonds is 6. The number of aromatic nitrogens is 1. The van der Waals surface area contributed by atoms with Crippen molar-refractivity contribution in [1.82, 2.24) is 10.3 Å². The van der Waals surface area contributed by atoms with Gasteiger partial charge in [-0.15, -0.1) is 18.2 Å². The maximum atomic E-state index is 14.5. The number of pyridine rings is 1. The number of ether oxygens (including phenoxy) is 1. The van der Waals surface area contributed by atoms with Crippen LogP contribution in [-0.4, -0.2) is 46.1 Å². The molecule has 170 valence electrons. The smallest absolute Gasteiger partial charge is 0.428 e. The Morgan fingerprint density at radius 3 is 2.69 bits per heavy atom. The number of oxime groups is 1. The second-order valence-corrected chi connectivity index (χ2v) is 8.42. The predicted octanol–water partition coefficient (Wildman–Crippen LogP) is 4.03. The van der Waals surface area contributed by atoms with E-state index < -0.39 is 41.4 Å². The number of terminal acetylenes is 1. The molecule has 0 spiro atoms. The molecule has 1 aromatic heterocycles. The number of benzene rings is 1. The largest absolute Gasteiger partial charge is 0.467 e. The van der Waals surface area contributed by atoms with Gasteiger partial charge in [0.25, 0.3) is 5.91 Å². The van der Waals surface area contributed by atoms with Crippen LogP contribution in [-0.2, 0) is 9.63 Å². The van der Waals surface area contributed by atoms with Crippen LogP contribution in [0.3, 0.4) is 0 Å². The third-order valence-corrected chi connectivity index (χ3v) is 5.49. The first kappa shape index (κ1) is 23.7. The van der Waals surface area contributed by atoms with Crippen molar-refractivity contribution in [2.45, 2.75) is 43.5 Å². The average molecular weight is 469 g/mol. The Balaban J connectivity index is 1.75. The van der Waals surface area contributed by atoms with E-state index in [-0.39, 0.29) is 11.5 Å². The average Bonchev–Trinajstić information content (AvgIpc) is 3.23. The van der Waals surface area contributed by atoms with E-state index in [0.717, 1.165) is 17.8 Å². The van der Waals surface area contributed by atoms with E-state index in [1.807, 2.05) is 0 Å².